The molecule has 0 bridgehead atoms. The van der Waals surface area contributed by atoms with Gasteiger partial charge in [0.1, 0.15) is 6.17 Å². The minimum atomic E-state index is -0.162. The van der Waals surface area contributed by atoms with E-state index in [4.69, 9.17) is 9.47 Å². The van der Waals surface area contributed by atoms with Gasteiger partial charge >= 0.3 is 0 Å². The van der Waals surface area contributed by atoms with Crippen molar-refractivity contribution in [2.45, 2.75) is 19.5 Å². The molecule has 2 aliphatic heterocycles. The molecule has 0 saturated heterocycles. The number of nitrogens with one attached hydrogen (secondary N) is 1. The number of carbonyl (C=O) groups is 1. The first-order valence-electron chi connectivity index (χ1n) is 9.83. The minimum Gasteiger partial charge on any atom is -0.454 e. The predicted octanol–water partition coefficient (Wildman–Crippen LogP) is 4.69. The van der Waals surface area contributed by atoms with Gasteiger partial charge in [0.05, 0.1) is 5.56 Å². The van der Waals surface area contributed by atoms with Crippen molar-refractivity contribution < 1.29 is 14.3 Å². The molecule has 29 heavy (non-hydrogen) atoms. The molecule has 2 atom stereocenters. The van der Waals surface area contributed by atoms with Crippen LogP contribution in [0.5, 0.6) is 11.5 Å². The maximum Gasteiger partial charge on any atom is 0.262 e. The molecular formula is C24H22N2O3. The molecule has 2 heterocycles. The second-order valence-corrected chi connectivity index (χ2v) is 7.51. The van der Waals surface area contributed by atoms with Crippen LogP contribution in [-0.4, -0.2) is 18.9 Å². The van der Waals surface area contributed by atoms with Gasteiger partial charge in [-0.05, 0) is 54.3 Å². The lowest BCUT2D eigenvalue weighted by atomic mass is 9.94. The molecule has 1 N–H and O–H groups in total. The van der Waals surface area contributed by atoms with Crippen molar-refractivity contribution in [2.24, 2.45) is 5.92 Å². The van der Waals surface area contributed by atoms with Crippen LogP contribution in [0.15, 0.2) is 72.8 Å². The maximum absolute atomic E-state index is 13.4. The molecule has 3 aromatic rings. The standard InChI is InChI=1S/C24H22N2O3/c1-16(13-17-11-12-21-22(14-17)29-15-28-21)23-25-20-10-6-5-9-19(20)24(27)26(23)18-7-3-2-4-8-18/h2-12,14,16,23,25H,13,15H2,1H3/t16-,23+/m1/s1. The quantitative estimate of drug-likeness (QED) is 0.707. The first kappa shape index (κ1) is 17.6. The molecule has 5 nitrogen and oxygen atoms in total. The van der Waals surface area contributed by atoms with E-state index in [1.165, 1.54) is 0 Å². The van der Waals surface area contributed by atoms with Crippen LogP contribution in [0, 0.1) is 5.92 Å². The van der Waals surface area contributed by atoms with Crippen molar-refractivity contribution in [3.05, 3.63) is 83.9 Å². The molecule has 2 aliphatic rings. The monoisotopic (exact) mass is 386 g/mol. The molecule has 5 rings (SSSR count). The summed E-state index contributed by atoms with van der Waals surface area (Å²) in [7, 11) is 0. The van der Waals surface area contributed by atoms with Gasteiger partial charge in [0, 0.05) is 11.4 Å². The Hall–Kier alpha value is -3.47. The average molecular weight is 386 g/mol. The zero-order valence-corrected chi connectivity index (χ0v) is 16.2. The van der Waals surface area contributed by atoms with Crippen LogP contribution in [0.1, 0.15) is 22.8 Å². The number of ether oxygens (including phenoxy) is 2. The molecule has 5 heteroatoms. The summed E-state index contributed by atoms with van der Waals surface area (Å²) in [4.78, 5) is 15.3. The van der Waals surface area contributed by atoms with Gasteiger partial charge in [-0.1, -0.05) is 43.3 Å². The van der Waals surface area contributed by atoms with Crippen LogP contribution in [0.3, 0.4) is 0 Å². The van der Waals surface area contributed by atoms with E-state index in [0.29, 0.717) is 5.56 Å². The highest BCUT2D eigenvalue weighted by molar-refractivity contribution is 6.12. The van der Waals surface area contributed by atoms with E-state index >= 15 is 0 Å². The lowest BCUT2D eigenvalue weighted by Crippen LogP contribution is -2.52. The van der Waals surface area contributed by atoms with Crippen LogP contribution in [0.25, 0.3) is 0 Å². The molecule has 1 amide bonds. The molecule has 0 saturated carbocycles. The number of carbonyl (C=O) groups excluding carboxylic acids is 1. The van der Waals surface area contributed by atoms with E-state index in [0.717, 1.165) is 34.9 Å². The molecule has 146 valence electrons. The van der Waals surface area contributed by atoms with Crippen LogP contribution >= 0.6 is 0 Å². The summed E-state index contributed by atoms with van der Waals surface area (Å²) in [5.41, 5.74) is 3.63. The van der Waals surface area contributed by atoms with Crippen LogP contribution < -0.4 is 19.7 Å². The lowest BCUT2D eigenvalue weighted by Gasteiger charge is -2.41. The number of anilines is 2. The van der Waals surface area contributed by atoms with Gasteiger partial charge in [-0.2, -0.15) is 0 Å². The highest BCUT2D eigenvalue weighted by Crippen LogP contribution is 2.36. The summed E-state index contributed by atoms with van der Waals surface area (Å²) in [6.45, 7) is 2.44. The largest absolute Gasteiger partial charge is 0.454 e. The molecular weight excluding hydrogens is 364 g/mol. The van der Waals surface area contributed by atoms with E-state index in [1.54, 1.807) is 0 Å². The average Bonchev–Trinajstić information content (AvgIpc) is 3.22. The van der Waals surface area contributed by atoms with Gasteiger partial charge in [0.25, 0.3) is 5.91 Å². The lowest BCUT2D eigenvalue weighted by molar-refractivity contribution is 0.0967. The first-order valence-corrected chi connectivity index (χ1v) is 9.83. The normalized spacial score (nSPS) is 18.2. The van der Waals surface area contributed by atoms with Crippen molar-refractivity contribution in [1.82, 2.24) is 0 Å². The van der Waals surface area contributed by atoms with Crippen molar-refractivity contribution >= 4 is 17.3 Å². The van der Waals surface area contributed by atoms with Crippen molar-refractivity contribution in [3.63, 3.8) is 0 Å². The van der Waals surface area contributed by atoms with Gasteiger partial charge in [-0.25, -0.2) is 0 Å². The van der Waals surface area contributed by atoms with Gasteiger partial charge in [0.15, 0.2) is 11.5 Å². The number of nitrogens with zero attached hydrogens (tertiary/aromatic N) is 1. The first-order chi connectivity index (χ1) is 14.2. The number of amides is 1. The summed E-state index contributed by atoms with van der Waals surface area (Å²) in [5, 5.41) is 3.60. The molecule has 0 aliphatic carbocycles. The Morgan fingerprint density at radius 2 is 1.76 bits per heavy atom. The Morgan fingerprint density at radius 3 is 2.62 bits per heavy atom. The van der Waals surface area contributed by atoms with E-state index in [-0.39, 0.29) is 24.8 Å². The molecule has 0 fully saturated rings. The van der Waals surface area contributed by atoms with Crippen LogP contribution in [0.2, 0.25) is 0 Å². The highest BCUT2D eigenvalue weighted by Gasteiger charge is 2.36. The molecule has 3 aromatic carbocycles. The van der Waals surface area contributed by atoms with Gasteiger partial charge in [-0.3, -0.25) is 9.69 Å². The molecule has 0 radical (unpaired) electrons. The van der Waals surface area contributed by atoms with E-state index in [9.17, 15) is 4.79 Å². The summed E-state index contributed by atoms with van der Waals surface area (Å²) in [6, 6.07) is 23.6. The number of fused-ring (bicyclic) bond motifs is 2. The number of benzene rings is 3. The summed E-state index contributed by atoms with van der Waals surface area (Å²) in [5.74, 6) is 1.75. The predicted molar refractivity (Wildman–Crippen MR) is 113 cm³/mol. The van der Waals surface area contributed by atoms with E-state index in [1.807, 2.05) is 71.6 Å². The van der Waals surface area contributed by atoms with Crippen molar-refractivity contribution in [1.29, 1.82) is 0 Å². The smallest absolute Gasteiger partial charge is 0.262 e. The Morgan fingerprint density at radius 1 is 1.00 bits per heavy atom. The summed E-state index contributed by atoms with van der Waals surface area (Å²) < 4.78 is 10.9. The summed E-state index contributed by atoms with van der Waals surface area (Å²) in [6.07, 6.45) is 0.637. The Bertz CT molecular complexity index is 1050. The maximum atomic E-state index is 13.4. The third kappa shape index (κ3) is 3.18. The Kier molecular flexibility index (Phi) is 4.35. The van der Waals surface area contributed by atoms with Gasteiger partial charge in [-0.15, -0.1) is 0 Å². The second kappa shape index (κ2) is 7.17. The van der Waals surface area contributed by atoms with Crippen LogP contribution in [-0.2, 0) is 6.42 Å². The molecule has 0 unspecified atom stereocenters. The Balaban J connectivity index is 1.48. The van der Waals surface area contributed by atoms with Crippen LogP contribution in [0.4, 0.5) is 11.4 Å². The number of hydrogen-bond donors (Lipinski definition) is 1. The third-order valence-electron chi connectivity index (χ3n) is 5.53. The zero-order valence-electron chi connectivity index (χ0n) is 16.2. The molecule has 0 aromatic heterocycles. The fourth-order valence-electron chi connectivity index (χ4n) is 4.09. The minimum absolute atomic E-state index is 0.0214. The number of rotatable bonds is 4. The Labute approximate surface area is 169 Å². The second-order valence-electron chi connectivity index (χ2n) is 7.51. The van der Waals surface area contributed by atoms with Crippen molar-refractivity contribution in [3.8, 4) is 11.5 Å². The third-order valence-corrected chi connectivity index (χ3v) is 5.53. The van der Waals surface area contributed by atoms with Crippen molar-refractivity contribution in [2.75, 3.05) is 17.0 Å². The molecule has 0 spiro atoms. The number of hydrogen-bond acceptors (Lipinski definition) is 4. The topological polar surface area (TPSA) is 50.8 Å². The van der Waals surface area contributed by atoms with Gasteiger partial charge < -0.3 is 14.8 Å². The van der Waals surface area contributed by atoms with Gasteiger partial charge in [0.2, 0.25) is 6.79 Å². The van der Waals surface area contributed by atoms with E-state index < -0.39 is 0 Å². The SMILES string of the molecule is C[C@H](Cc1ccc2c(c1)OCO2)[C@H]1Nc2ccccc2C(=O)N1c1ccccc1. The number of para-hydroxylation sites is 2. The highest BCUT2D eigenvalue weighted by atomic mass is 16.7. The van der Waals surface area contributed by atoms with E-state index in [2.05, 4.69) is 18.3 Å². The zero-order chi connectivity index (χ0) is 19.8. The fraction of sp³-hybridized carbons (Fsp3) is 0.208. The summed E-state index contributed by atoms with van der Waals surface area (Å²) >= 11 is 0. The fourth-order valence-corrected chi connectivity index (χ4v) is 4.09.